The molecular formula is C18H25N5O. The fourth-order valence-corrected chi connectivity index (χ4v) is 3.20. The number of amides is 1. The van der Waals surface area contributed by atoms with E-state index in [1.54, 1.807) is 6.20 Å². The van der Waals surface area contributed by atoms with Gasteiger partial charge in [0.15, 0.2) is 0 Å². The fourth-order valence-electron chi connectivity index (χ4n) is 3.20. The van der Waals surface area contributed by atoms with Crippen LogP contribution >= 0.6 is 0 Å². The lowest BCUT2D eigenvalue weighted by molar-refractivity contribution is 0.0895. The summed E-state index contributed by atoms with van der Waals surface area (Å²) in [5.74, 6) is -0.0816. The number of piperidine rings is 1. The van der Waals surface area contributed by atoms with Crippen LogP contribution in [0.4, 0.5) is 0 Å². The molecule has 1 amide bonds. The van der Waals surface area contributed by atoms with Crippen LogP contribution in [0.2, 0.25) is 0 Å². The van der Waals surface area contributed by atoms with E-state index in [-0.39, 0.29) is 11.9 Å². The highest BCUT2D eigenvalue weighted by atomic mass is 16.2. The van der Waals surface area contributed by atoms with Gasteiger partial charge in [0.25, 0.3) is 5.91 Å². The van der Waals surface area contributed by atoms with Crippen molar-refractivity contribution in [3.8, 4) is 0 Å². The van der Waals surface area contributed by atoms with Gasteiger partial charge in [0, 0.05) is 37.2 Å². The molecule has 1 unspecified atom stereocenters. The van der Waals surface area contributed by atoms with E-state index in [0.29, 0.717) is 5.69 Å². The SMILES string of the molecule is CCCc1cc(C(=O)NC2CCCN(Cc3cccnc3)C2)n[nH]1. The van der Waals surface area contributed by atoms with Crippen LogP contribution < -0.4 is 5.32 Å². The minimum absolute atomic E-state index is 0.0816. The van der Waals surface area contributed by atoms with Crippen molar-refractivity contribution in [2.45, 2.75) is 45.2 Å². The van der Waals surface area contributed by atoms with E-state index in [1.807, 2.05) is 18.3 Å². The second-order valence-electron chi connectivity index (χ2n) is 6.44. The largest absolute Gasteiger partial charge is 0.347 e. The van der Waals surface area contributed by atoms with E-state index in [2.05, 4.69) is 38.4 Å². The Bertz CT molecular complexity index is 654. The zero-order valence-electron chi connectivity index (χ0n) is 14.2. The number of aromatic nitrogens is 3. The molecule has 3 rings (SSSR count). The molecule has 1 atom stereocenters. The summed E-state index contributed by atoms with van der Waals surface area (Å²) in [5.41, 5.74) is 2.72. The quantitative estimate of drug-likeness (QED) is 0.852. The number of carbonyl (C=O) groups is 1. The van der Waals surface area contributed by atoms with Crippen molar-refractivity contribution in [2.75, 3.05) is 13.1 Å². The molecule has 2 N–H and O–H groups in total. The van der Waals surface area contributed by atoms with Gasteiger partial charge in [-0.1, -0.05) is 19.4 Å². The summed E-state index contributed by atoms with van der Waals surface area (Å²) in [6, 6.07) is 6.09. The van der Waals surface area contributed by atoms with Crippen molar-refractivity contribution < 1.29 is 4.79 Å². The second-order valence-corrected chi connectivity index (χ2v) is 6.44. The maximum absolute atomic E-state index is 12.4. The number of hydrogen-bond acceptors (Lipinski definition) is 4. The number of H-pyrrole nitrogens is 1. The number of likely N-dealkylation sites (tertiary alicyclic amines) is 1. The van der Waals surface area contributed by atoms with E-state index in [4.69, 9.17) is 0 Å². The van der Waals surface area contributed by atoms with Gasteiger partial charge < -0.3 is 5.32 Å². The van der Waals surface area contributed by atoms with Gasteiger partial charge in [-0.2, -0.15) is 5.10 Å². The Morgan fingerprint density at radius 3 is 3.21 bits per heavy atom. The molecule has 0 spiro atoms. The molecule has 1 fully saturated rings. The van der Waals surface area contributed by atoms with Crippen LogP contribution in [-0.2, 0) is 13.0 Å². The van der Waals surface area contributed by atoms with Crippen molar-refractivity contribution in [1.82, 2.24) is 25.4 Å². The maximum Gasteiger partial charge on any atom is 0.272 e. The third kappa shape index (κ3) is 4.41. The minimum atomic E-state index is -0.0816. The Hall–Kier alpha value is -2.21. The van der Waals surface area contributed by atoms with Gasteiger partial charge in [-0.3, -0.25) is 19.8 Å². The van der Waals surface area contributed by atoms with Crippen LogP contribution in [0.3, 0.4) is 0 Å². The van der Waals surface area contributed by atoms with Crippen molar-refractivity contribution in [2.24, 2.45) is 0 Å². The predicted octanol–water partition coefficient (Wildman–Crippen LogP) is 2.15. The van der Waals surface area contributed by atoms with E-state index < -0.39 is 0 Å². The van der Waals surface area contributed by atoms with Gasteiger partial charge in [-0.25, -0.2) is 0 Å². The summed E-state index contributed by atoms with van der Waals surface area (Å²) < 4.78 is 0. The average Bonchev–Trinajstić information content (AvgIpc) is 3.05. The van der Waals surface area contributed by atoms with E-state index in [0.717, 1.165) is 51.0 Å². The lowest BCUT2D eigenvalue weighted by Crippen LogP contribution is -2.47. The topological polar surface area (TPSA) is 73.9 Å². The Morgan fingerprint density at radius 2 is 2.42 bits per heavy atom. The molecular weight excluding hydrogens is 302 g/mol. The second kappa shape index (κ2) is 8.06. The van der Waals surface area contributed by atoms with Gasteiger partial charge in [-0.15, -0.1) is 0 Å². The first kappa shape index (κ1) is 16.6. The normalized spacial score (nSPS) is 18.5. The standard InChI is InChI=1S/C18H25N5O/c1-2-5-15-10-17(22-21-15)18(24)20-16-7-4-9-23(13-16)12-14-6-3-8-19-11-14/h3,6,8,10-11,16H,2,4-5,7,9,12-13H2,1H3,(H,20,24)(H,21,22). The third-order valence-electron chi connectivity index (χ3n) is 4.35. The first-order valence-corrected chi connectivity index (χ1v) is 8.71. The predicted molar refractivity (Wildman–Crippen MR) is 92.6 cm³/mol. The van der Waals surface area contributed by atoms with Gasteiger partial charge in [-0.05, 0) is 43.5 Å². The fraction of sp³-hybridized carbons (Fsp3) is 0.500. The van der Waals surface area contributed by atoms with Gasteiger partial charge in [0.1, 0.15) is 5.69 Å². The zero-order valence-corrected chi connectivity index (χ0v) is 14.2. The van der Waals surface area contributed by atoms with E-state index in [9.17, 15) is 4.79 Å². The van der Waals surface area contributed by atoms with Gasteiger partial charge >= 0.3 is 0 Å². The molecule has 6 nitrogen and oxygen atoms in total. The molecule has 1 saturated heterocycles. The number of nitrogens with zero attached hydrogens (tertiary/aromatic N) is 3. The van der Waals surface area contributed by atoms with Crippen LogP contribution in [0.5, 0.6) is 0 Å². The highest BCUT2D eigenvalue weighted by Gasteiger charge is 2.22. The lowest BCUT2D eigenvalue weighted by atomic mass is 10.0. The summed E-state index contributed by atoms with van der Waals surface area (Å²) >= 11 is 0. The molecule has 2 aromatic heterocycles. The summed E-state index contributed by atoms with van der Waals surface area (Å²) in [5, 5.41) is 10.2. The van der Waals surface area contributed by atoms with Crippen molar-refractivity contribution >= 4 is 5.91 Å². The molecule has 1 aliphatic heterocycles. The average molecular weight is 327 g/mol. The molecule has 128 valence electrons. The first-order valence-electron chi connectivity index (χ1n) is 8.71. The Labute approximate surface area is 142 Å². The van der Waals surface area contributed by atoms with Crippen molar-refractivity contribution in [1.29, 1.82) is 0 Å². The Balaban J connectivity index is 1.53. The molecule has 0 aliphatic carbocycles. The van der Waals surface area contributed by atoms with Crippen LogP contribution in [0.15, 0.2) is 30.6 Å². The van der Waals surface area contributed by atoms with Crippen LogP contribution in [0.25, 0.3) is 0 Å². The summed E-state index contributed by atoms with van der Waals surface area (Å²) in [7, 11) is 0. The molecule has 6 heteroatoms. The van der Waals surface area contributed by atoms with Gasteiger partial charge in [0.2, 0.25) is 0 Å². The molecule has 0 bridgehead atoms. The lowest BCUT2D eigenvalue weighted by Gasteiger charge is -2.32. The smallest absolute Gasteiger partial charge is 0.272 e. The number of nitrogens with one attached hydrogen (secondary N) is 2. The summed E-state index contributed by atoms with van der Waals surface area (Å²) in [6.45, 7) is 4.92. The van der Waals surface area contributed by atoms with Crippen LogP contribution in [0.1, 0.15) is 47.9 Å². The first-order chi connectivity index (χ1) is 11.7. The van der Waals surface area contributed by atoms with Gasteiger partial charge in [0.05, 0.1) is 0 Å². The van der Waals surface area contributed by atoms with Crippen LogP contribution in [0, 0.1) is 0 Å². The number of pyridine rings is 1. The van der Waals surface area contributed by atoms with Crippen molar-refractivity contribution in [3.63, 3.8) is 0 Å². The Kier molecular flexibility index (Phi) is 5.59. The van der Waals surface area contributed by atoms with E-state index >= 15 is 0 Å². The number of hydrogen-bond donors (Lipinski definition) is 2. The number of rotatable bonds is 6. The molecule has 0 aromatic carbocycles. The third-order valence-corrected chi connectivity index (χ3v) is 4.35. The molecule has 0 saturated carbocycles. The molecule has 3 heterocycles. The number of carbonyl (C=O) groups excluding carboxylic acids is 1. The molecule has 24 heavy (non-hydrogen) atoms. The maximum atomic E-state index is 12.4. The molecule has 2 aromatic rings. The Morgan fingerprint density at radius 1 is 1.50 bits per heavy atom. The summed E-state index contributed by atoms with van der Waals surface area (Å²) in [6.07, 6.45) is 7.76. The highest BCUT2D eigenvalue weighted by Crippen LogP contribution is 2.14. The minimum Gasteiger partial charge on any atom is -0.347 e. The number of aromatic amines is 1. The summed E-state index contributed by atoms with van der Waals surface area (Å²) in [4.78, 5) is 18.9. The van der Waals surface area contributed by atoms with Crippen LogP contribution in [-0.4, -0.2) is 45.1 Å². The highest BCUT2D eigenvalue weighted by molar-refractivity contribution is 5.92. The number of aryl methyl sites for hydroxylation is 1. The molecule has 0 radical (unpaired) electrons. The molecule has 1 aliphatic rings. The van der Waals surface area contributed by atoms with E-state index in [1.165, 1.54) is 5.56 Å². The monoisotopic (exact) mass is 327 g/mol. The zero-order chi connectivity index (χ0) is 16.8. The van der Waals surface area contributed by atoms with Crippen molar-refractivity contribution in [3.05, 3.63) is 47.5 Å².